The van der Waals surface area contributed by atoms with E-state index in [9.17, 15) is 14.3 Å². The molecule has 1 fully saturated rings. The zero-order chi connectivity index (χ0) is 19.0. The second kappa shape index (κ2) is 7.03. The van der Waals surface area contributed by atoms with E-state index in [-0.39, 0.29) is 24.4 Å². The van der Waals surface area contributed by atoms with E-state index in [1.165, 1.54) is 17.7 Å². The molecule has 3 atom stereocenters. The van der Waals surface area contributed by atoms with Gasteiger partial charge in [0, 0.05) is 6.54 Å². The molecular weight excluding hydrogens is 347 g/mol. The molecule has 0 spiro atoms. The summed E-state index contributed by atoms with van der Waals surface area (Å²) >= 11 is 0. The summed E-state index contributed by atoms with van der Waals surface area (Å²) in [5, 5.41) is 9.86. The van der Waals surface area contributed by atoms with Gasteiger partial charge in [-0.3, -0.25) is 4.79 Å². The third-order valence-corrected chi connectivity index (χ3v) is 5.40. The minimum Gasteiger partial charge on any atom is -0.374 e. The van der Waals surface area contributed by atoms with Crippen molar-refractivity contribution in [1.82, 2.24) is 4.90 Å². The van der Waals surface area contributed by atoms with Crippen molar-refractivity contribution in [3.05, 3.63) is 71.0 Å². The summed E-state index contributed by atoms with van der Waals surface area (Å²) in [6.45, 7) is 0.500. The molecule has 0 unspecified atom stereocenters. The van der Waals surface area contributed by atoms with E-state index >= 15 is 0 Å². The first kappa shape index (κ1) is 18.1. The number of fused-ring (bicyclic) bond motifs is 1. The minimum atomic E-state index is -1.37. The van der Waals surface area contributed by atoms with E-state index < -0.39 is 11.8 Å². The van der Waals surface area contributed by atoms with Crippen LogP contribution in [0.15, 0.2) is 48.5 Å². The van der Waals surface area contributed by atoms with Gasteiger partial charge in [0.25, 0.3) is 5.91 Å². The number of halogens is 1. The maximum atomic E-state index is 13.4. The largest absolute Gasteiger partial charge is 0.374 e. The van der Waals surface area contributed by atoms with Crippen molar-refractivity contribution in [3.63, 3.8) is 0 Å². The number of amides is 1. The van der Waals surface area contributed by atoms with Crippen LogP contribution in [0.25, 0.3) is 0 Å². The van der Waals surface area contributed by atoms with Crippen LogP contribution in [0.2, 0.25) is 0 Å². The van der Waals surface area contributed by atoms with Gasteiger partial charge >= 0.3 is 0 Å². The monoisotopic (exact) mass is 370 g/mol. The standard InChI is InChI=1S/C21H23FN2O3/c22-16-7-5-15(6-8-16)19-17-4-2-1-3-14(17)10-12-24(19)20(25)18-9-11-21(23,26)13-27-18/h1-8,18-19,26H,9-13,23H2/t18-,19-,21-/m0/s1. The van der Waals surface area contributed by atoms with Crippen molar-refractivity contribution in [2.45, 2.75) is 37.1 Å². The second-order valence-electron chi connectivity index (χ2n) is 7.38. The van der Waals surface area contributed by atoms with Gasteiger partial charge in [-0.05, 0) is 48.1 Å². The Hall–Kier alpha value is -2.28. The number of aliphatic hydroxyl groups is 1. The van der Waals surface area contributed by atoms with Crippen LogP contribution in [0, 0.1) is 5.82 Å². The van der Waals surface area contributed by atoms with Crippen LogP contribution in [0.1, 0.15) is 35.6 Å². The zero-order valence-corrected chi connectivity index (χ0v) is 15.0. The fraction of sp³-hybridized carbons (Fsp3) is 0.381. The van der Waals surface area contributed by atoms with E-state index in [1.807, 2.05) is 18.2 Å². The molecule has 1 amide bonds. The first-order valence-corrected chi connectivity index (χ1v) is 9.21. The van der Waals surface area contributed by atoms with Crippen molar-refractivity contribution in [3.8, 4) is 0 Å². The summed E-state index contributed by atoms with van der Waals surface area (Å²) in [7, 11) is 0. The average molecular weight is 370 g/mol. The quantitative estimate of drug-likeness (QED) is 0.794. The number of carbonyl (C=O) groups excluding carboxylic acids is 1. The van der Waals surface area contributed by atoms with Gasteiger partial charge in [-0.25, -0.2) is 4.39 Å². The number of rotatable bonds is 2. The molecule has 4 rings (SSSR count). The molecule has 142 valence electrons. The summed E-state index contributed by atoms with van der Waals surface area (Å²) in [5.74, 6) is -0.423. The molecule has 0 bridgehead atoms. The SMILES string of the molecule is N[C@]1(O)CC[C@@H](C(=O)N2CCc3ccccc3[C@@H]2c2ccc(F)cc2)OC1. The fourth-order valence-electron chi connectivity index (χ4n) is 3.97. The zero-order valence-electron chi connectivity index (χ0n) is 15.0. The average Bonchev–Trinajstić information content (AvgIpc) is 2.67. The van der Waals surface area contributed by atoms with Crippen LogP contribution in [0.4, 0.5) is 4.39 Å². The van der Waals surface area contributed by atoms with Crippen LogP contribution in [0.5, 0.6) is 0 Å². The topological polar surface area (TPSA) is 75.8 Å². The predicted octanol–water partition coefficient (Wildman–Crippen LogP) is 2.13. The number of benzene rings is 2. The molecule has 27 heavy (non-hydrogen) atoms. The Balaban J connectivity index is 1.66. The molecule has 2 aliphatic heterocycles. The molecule has 2 aliphatic rings. The Morgan fingerprint density at radius 2 is 1.96 bits per heavy atom. The summed E-state index contributed by atoms with van der Waals surface area (Å²) < 4.78 is 19.0. The summed E-state index contributed by atoms with van der Waals surface area (Å²) in [4.78, 5) is 15.0. The summed E-state index contributed by atoms with van der Waals surface area (Å²) in [6, 6.07) is 14.0. The number of nitrogens with two attached hydrogens (primary N) is 1. The Morgan fingerprint density at radius 3 is 2.67 bits per heavy atom. The first-order chi connectivity index (χ1) is 12.9. The van der Waals surface area contributed by atoms with Crippen LogP contribution in [-0.4, -0.2) is 40.9 Å². The van der Waals surface area contributed by atoms with Crippen LogP contribution in [0.3, 0.4) is 0 Å². The second-order valence-corrected chi connectivity index (χ2v) is 7.38. The summed E-state index contributed by atoms with van der Waals surface area (Å²) in [6.07, 6.45) is 0.824. The Kier molecular flexibility index (Phi) is 4.72. The Labute approximate surface area is 157 Å². The van der Waals surface area contributed by atoms with E-state index in [2.05, 4.69) is 6.07 Å². The number of nitrogens with zero attached hydrogens (tertiary/aromatic N) is 1. The molecule has 6 heteroatoms. The number of carbonyl (C=O) groups is 1. The van der Waals surface area contributed by atoms with Crippen LogP contribution >= 0.6 is 0 Å². The lowest BCUT2D eigenvalue weighted by Gasteiger charge is -2.41. The van der Waals surface area contributed by atoms with Crippen LogP contribution in [-0.2, 0) is 16.0 Å². The van der Waals surface area contributed by atoms with Crippen molar-refractivity contribution in [1.29, 1.82) is 0 Å². The highest BCUT2D eigenvalue weighted by Gasteiger charge is 2.39. The smallest absolute Gasteiger partial charge is 0.252 e. The molecule has 0 aromatic heterocycles. The molecular formula is C21H23FN2O3. The molecule has 2 aromatic carbocycles. The van der Waals surface area contributed by atoms with Gasteiger partial charge in [0.05, 0.1) is 12.6 Å². The molecule has 0 aliphatic carbocycles. The van der Waals surface area contributed by atoms with Crippen molar-refractivity contribution < 1.29 is 19.0 Å². The highest BCUT2D eigenvalue weighted by Crippen LogP contribution is 2.36. The van der Waals surface area contributed by atoms with Gasteiger partial charge in [-0.2, -0.15) is 0 Å². The highest BCUT2D eigenvalue weighted by molar-refractivity contribution is 5.82. The van der Waals surface area contributed by atoms with Gasteiger partial charge in [0.1, 0.15) is 17.6 Å². The molecule has 3 N–H and O–H groups in total. The fourth-order valence-corrected chi connectivity index (χ4v) is 3.97. The van der Waals surface area contributed by atoms with Crippen molar-refractivity contribution in [2.24, 2.45) is 5.73 Å². The lowest BCUT2D eigenvalue weighted by Crippen LogP contribution is -2.54. The molecule has 2 heterocycles. The van der Waals surface area contributed by atoms with Gasteiger partial charge < -0.3 is 20.5 Å². The highest BCUT2D eigenvalue weighted by atomic mass is 19.1. The minimum absolute atomic E-state index is 0.0605. The number of ether oxygens (including phenoxy) is 1. The lowest BCUT2D eigenvalue weighted by atomic mass is 9.87. The van der Waals surface area contributed by atoms with Crippen molar-refractivity contribution >= 4 is 5.91 Å². The Morgan fingerprint density at radius 1 is 1.22 bits per heavy atom. The van der Waals surface area contributed by atoms with Crippen molar-refractivity contribution in [2.75, 3.05) is 13.2 Å². The van der Waals surface area contributed by atoms with E-state index in [0.717, 1.165) is 17.5 Å². The Bertz CT molecular complexity index is 828. The maximum absolute atomic E-state index is 13.4. The van der Waals surface area contributed by atoms with E-state index in [0.29, 0.717) is 19.4 Å². The number of hydrogen-bond donors (Lipinski definition) is 2. The maximum Gasteiger partial charge on any atom is 0.252 e. The number of hydrogen-bond acceptors (Lipinski definition) is 4. The molecule has 0 saturated carbocycles. The molecule has 2 aromatic rings. The lowest BCUT2D eigenvalue weighted by molar-refractivity contribution is -0.162. The predicted molar refractivity (Wildman–Crippen MR) is 98.2 cm³/mol. The van der Waals surface area contributed by atoms with Gasteiger partial charge in [-0.15, -0.1) is 0 Å². The molecule has 0 radical (unpaired) electrons. The van der Waals surface area contributed by atoms with Gasteiger partial charge in [-0.1, -0.05) is 36.4 Å². The molecule has 5 nitrogen and oxygen atoms in total. The first-order valence-electron chi connectivity index (χ1n) is 9.21. The summed E-state index contributed by atoms with van der Waals surface area (Å²) in [5.41, 5.74) is 7.42. The van der Waals surface area contributed by atoms with Gasteiger partial charge in [0.15, 0.2) is 0 Å². The third kappa shape index (κ3) is 3.60. The third-order valence-electron chi connectivity index (χ3n) is 5.40. The van der Waals surface area contributed by atoms with E-state index in [4.69, 9.17) is 10.5 Å². The van der Waals surface area contributed by atoms with Crippen LogP contribution < -0.4 is 5.73 Å². The molecule has 1 saturated heterocycles. The van der Waals surface area contributed by atoms with Gasteiger partial charge in [0.2, 0.25) is 0 Å². The van der Waals surface area contributed by atoms with E-state index in [1.54, 1.807) is 17.0 Å². The normalized spacial score (nSPS) is 27.9.